The Bertz CT molecular complexity index is 828. The van der Waals surface area contributed by atoms with E-state index < -0.39 is 22.7 Å². The Labute approximate surface area is 204 Å². The zero-order valence-corrected chi connectivity index (χ0v) is 24.1. The molecule has 2 aromatic carbocycles. The van der Waals surface area contributed by atoms with Gasteiger partial charge in [0, 0.05) is 6.61 Å². The lowest BCUT2D eigenvalue weighted by molar-refractivity contribution is -0.116. The molecule has 182 valence electrons. The van der Waals surface area contributed by atoms with Crippen molar-refractivity contribution in [3.05, 3.63) is 60.7 Å². The van der Waals surface area contributed by atoms with Crippen molar-refractivity contribution in [2.75, 3.05) is 6.61 Å². The quantitative estimate of drug-likeness (QED) is 0.298. The number of carbonyl (C=O) groups excluding carboxylic acids is 1. The molecule has 0 unspecified atom stereocenters. The molecule has 0 aliphatic heterocycles. The average molecular weight is 485 g/mol. The Morgan fingerprint density at radius 2 is 1.27 bits per heavy atom. The highest BCUT2D eigenvalue weighted by Crippen LogP contribution is 2.39. The maximum absolute atomic E-state index is 12.0. The molecule has 33 heavy (non-hydrogen) atoms. The molecule has 0 spiro atoms. The third kappa shape index (κ3) is 6.33. The maximum atomic E-state index is 12.0. The van der Waals surface area contributed by atoms with Crippen LogP contribution in [0, 0.1) is 5.92 Å². The van der Waals surface area contributed by atoms with Gasteiger partial charge in [0.05, 0.1) is 0 Å². The Morgan fingerprint density at radius 1 is 0.818 bits per heavy atom. The number of hydrogen-bond acceptors (Lipinski definition) is 3. The summed E-state index contributed by atoms with van der Waals surface area (Å²) in [7, 11) is -4.58. The third-order valence-corrected chi connectivity index (χ3v) is 16.8. The molecule has 0 aliphatic carbocycles. The van der Waals surface area contributed by atoms with Gasteiger partial charge in [0.2, 0.25) is 0 Å². The summed E-state index contributed by atoms with van der Waals surface area (Å²) in [6.45, 7) is 20.6. The molecule has 0 radical (unpaired) electrons. The summed E-state index contributed by atoms with van der Waals surface area (Å²) in [5.74, 6) is 0.0924. The molecule has 0 bridgehead atoms. The van der Waals surface area contributed by atoms with Crippen molar-refractivity contribution >= 4 is 33.3 Å². The van der Waals surface area contributed by atoms with Gasteiger partial charge in [0.25, 0.3) is 8.32 Å². The minimum atomic E-state index is -2.56. The van der Waals surface area contributed by atoms with E-state index in [1.807, 2.05) is 0 Å². The van der Waals surface area contributed by atoms with Gasteiger partial charge in [0.1, 0.15) is 12.4 Å². The first kappa shape index (κ1) is 27.7. The standard InChI is InChI=1S/C28H44O3Si2/c1-23(26(22-29)31-32(8,9)27(2,3)4)20-21-30-33(28(5,6)7,24-16-12-10-13-17-24)25-18-14-11-15-19-25/h10-19,22-23,26H,20-21H2,1-9H3/t23-,26-/m1/s1. The fourth-order valence-electron chi connectivity index (χ4n) is 4.12. The van der Waals surface area contributed by atoms with Crippen molar-refractivity contribution in [1.82, 2.24) is 0 Å². The summed E-state index contributed by atoms with van der Waals surface area (Å²) in [6, 6.07) is 21.4. The van der Waals surface area contributed by atoms with Crippen molar-refractivity contribution in [2.24, 2.45) is 5.92 Å². The third-order valence-electron chi connectivity index (χ3n) is 7.24. The minimum absolute atomic E-state index is 0.0549. The number of carbonyl (C=O) groups is 1. The zero-order chi connectivity index (χ0) is 24.9. The molecule has 2 atom stereocenters. The Morgan fingerprint density at radius 3 is 1.64 bits per heavy atom. The summed E-state index contributed by atoms with van der Waals surface area (Å²) < 4.78 is 13.5. The lowest BCUT2D eigenvalue weighted by atomic mass is 10.0. The fourth-order valence-corrected chi connectivity index (χ4v) is 10.0. The van der Waals surface area contributed by atoms with E-state index in [-0.39, 0.29) is 16.0 Å². The number of hydrogen-bond donors (Lipinski definition) is 0. The highest BCUT2D eigenvalue weighted by Gasteiger charge is 2.50. The van der Waals surface area contributed by atoms with Crippen LogP contribution in [0.2, 0.25) is 23.2 Å². The van der Waals surface area contributed by atoms with Crippen LogP contribution < -0.4 is 10.4 Å². The van der Waals surface area contributed by atoms with Crippen LogP contribution in [-0.4, -0.2) is 35.6 Å². The molecule has 2 aromatic rings. The monoisotopic (exact) mass is 484 g/mol. The molecule has 0 saturated heterocycles. The lowest BCUT2D eigenvalue weighted by Gasteiger charge is -2.43. The van der Waals surface area contributed by atoms with E-state index in [1.54, 1.807) is 0 Å². The normalized spacial score (nSPS) is 15.2. The van der Waals surface area contributed by atoms with Gasteiger partial charge in [0.15, 0.2) is 8.32 Å². The van der Waals surface area contributed by atoms with E-state index in [2.05, 4.69) is 122 Å². The van der Waals surface area contributed by atoms with Crippen molar-refractivity contribution < 1.29 is 13.6 Å². The minimum Gasteiger partial charge on any atom is -0.407 e. The van der Waals surface area contributed by atoms with E-state index >= 15 is 0 Å². The Hall–Kier alpha value is -1.54. The van der Waals surface area contributed by atoms with Gasteiger partial charge in [-0.1, -0.05) is 109 Å². The molecule has 0 aromatic heterocycles. The largest absolute Gasteiger partial charge is 0.407 e. The van der Waals surface area contributed by atoms with Crippen LogP contribution in [0.15, 0.2) is 60.7 Å². The van der Waals surface area contributed by atoms with E-state index in [9.17, 15) is 4.79 Å². The maximum Gasteiger partial charge on any atom is 0.261 e. The number of benzene rings is 2. The second kappa shape index (κ2) is 10.8. The zero-order valence-electron chi connectivity index (χ0n) is 22.1. The van der Waals surface area contributed by atoms with Gasteiger partial charge >= 0.3 is 0 Å². The van der Waals surface area contributed by atoms with Crippen LogP contribution in [0.25, 0.3) is 0 Å². The SMILES string of the molecule is C[C@H](CCO[Si](c1ccccc1)(c1ccccc1)C(C)(C)C)[C@@H](C=O)O[Si](C)(C)C(C)(C)C. The van der Waals surface area contributed by atoms with Crippen molar-refractivity contribution in [2.45, 2.75) is 84.2 Å². The summed E-state index contributed by atoms with van der Waals surface area (Å²) in [5.41, 5.74) is 0. The van der Waals surface area contributed by atoms with Crippen LogP contribution in [0.5, 0.6) is 0 Å². The van der Waals surface area contributed by atoms with E-state index in [1.165, 1.54) is 10.4 Å². The number of rotatable bonds is 10. The van der Waals surface area contributed by atoms with E-state index in [0.29, 0.717) is 6.61 Å². The van der Waals surface area contributed by atoms with E-state index in [4.69, 9.17) is 8.85 Å². The molecule has 0 heterocycles. The predicted molar refractivity (Wildman–Crippen MR) is 145 cm³/mol. The molecule has 0 N–H and O–H groups in total. The fraction of sp³-hybridized carbons (Fsp3) is 0.536. The van der Waals surface area contributed by atoms with Gasteiger partial charge in [-0.05, 0) is 45.9 Å². The van der Waals surface area contributed by atoms with Crippen LogP contribution >= 0.6 is 0 Å². The summed E-state index contributed by atoms with van der Waals surface area (Å²) in [4.78, 5) is 12.0. The molecule has 3 nitrogen and oxygen atoms in total. The molecule has 0 fully saturated rings. The smallest absolute Gasteiger partial charge is 0.261 e. The van der Waals surface area contributed by atoms with Gasteiger partial charge in [-0.3, -0.25) is 0 Å². The highest BCUT2D eigenvalue weighted by molar-refractivity contribution is 6.99. The molecule has 5 heteroatoms. The molecule has 0 aliphatic rings. The first-order valence-electron chi connectivity index (χ1n) is 12.1. The Balaban J connectivity index is 2.29. The lowest BCUT2D eigenvalue weighted by Crippen LogP contribution is -2.66. The van der Waals surface area contributed by atoms with Crippen molar-refractivity contribution in [1.29, 1.82) is 0 Å². The predicted octanol–water partition coefficient (Wildman–Crippen LogP) is 6.18. The highest BCUT2D eigenvalue weighted by atomic mass is 28.4. The van der Waals surface area contributed by atoms with Crippen LogP contribution in [-0.2, 0) is 13.6 Å². The summed E-state index contributed by atoms with van der Waals surface area (Å²) in [6.07, 6.45) is 1.38. The van der Waals surface area contributed by atoms with E-state index in [0.717, 1.165) is 12.7 Å². The summed E-state index contributed by atoms with van der Waals surface area (Å²) >= 11 is 0. The van der Waals surface area contributed by atoms with Crippen LogP contribution in [0.1, 0.15) is 54.9 Å². The molecule has 2 rings (SSSR count). The van der Waals surface area contributed by atoms with Gasteiger partial charge < -0.3 is 13.6 Å². The summed E-state index contributed by atoms with van der Waals surface area (Å²) in [5, 5.41) is 2.57. The topological polar surface area (TPSA) is 35.5 Å². The van der Waals surface area contributed by atoms with Crippen molar-refractivity contribution in [3.8, 4) is 0 Å². The molecular weight excluding hydrogens is 440 g/mol. The van der Waals surface area contributed by atoms with Crippen LogP contribution in [0.4, 0.5) is 0 Å². The second-order valence-electron chi connectivity index (χ2n) is 11.8. The molecular formula is C28H44O3Si2. The van der Waals surface area contributed by atoms with Gasteiger partial charge in [-0.25, -0.2) is 0 Å². The van der Waals surface area contributed by atoms with Gasteiger partial charge in [-0.15, -0.1) is 0 Å². The Kier molecular flexibility index (Phi) is 9.08. The molecule has 0 saturated carbocycles. The number of aldehydes is 1. The van der Waals surface area contributed by atoms with Crippen molar-refractivity contribution in [3.63, 3.8) is 0 Å². The molecule has 0 amide bonds. The first-order valence-corrected chi connectivity index (χ1v) is 17.0. The second-order valence-corrected chi connectivity index (χ2v) is 20.8. The van der Waals surface area contributed by atoms with Gasteiger partial charge in [-0.2, -0.15) is 0 Å². The first-order chi connectivity index (χ1) is 15.3. The van der Waals surface area contributed by atoms with Crippen LogP contribution in [0.3, 0.4) is 0 Å². The average Bonchev–Trinajstić information content (AvgIpc) is 2.74.